The summed E-state index contributed by atoms with van der Waals surface area (Å²) in [5, 5.41) is 4.62. The lowest BCUT2D eigenvalue weighted by Crippen LogP contribution is -2.00. The van der Waals surface area contributed by atoms with E-state index in [0.717, 1.165) is 24.0 Å². The van der Waals surface area contributed by atoms with Crippen LogP contribution in [0.5, 0.6) is 0 Å². The molecule has 0 unspecified atom stereocenters. The van der Waals surface area contributed by atoms with Gasteiger partial charge in [-0.05, 0) is 25.7 Å². The minimum Gasteiger partial charge on any atom is -0.359 e. The molecule has 1 fully saturated rings. The van der Waals surface area contributed by atoms with Gasteiger partial charge in [-0.15, -0.1) is 11.3 Å². The van der Waals surface area contributed by atoms with E-state index in [1.165, 1.54) is 29.8 Å². The summed E-state index contributed by atoms with van der Waals surface area (Å²) in [6.07, 6.45) is 6.10. The molecule has 78 valence electrons. The Bertz CT molecular complexity index is 302. The smallest absolute Gasteiger partial charge is 0.183 e. The Kier molecular flexibility index (Phi) is 3.06. The lowest BCUT2D eigenvalue weighted by molar-refractivity contribution is 0.874. The van der Waals surface area contributed by atoms with Crippen molar-refractivity contribution in [2.75, 3.05) is 5.32 Å². The molecule has 14 heavy (non-hydrogen) atoms. The largest absolute Gasteiger partial charge is 0.359 e. The van der Waals surface area contributed by atoms with Crippen molar-refractivity contribution < 1.29 is 0 Å². The molecule has 1 saturated carbocycles. The Balaban J connectivity index is 2.08. The van der Waals surface area contributed by atoms with Crippen molar-refractivity contribution in [1.82, 2.24) is 4.98 Å². The topological polar surface area (TPSA) is 24.9 Å². The number of aromatic nitrogens is 1. The molecule has 1 N–H and O–H groups in total. The van der Waals surface area contributed by atoms with Crippen LogP contribution >= 0.6 is 11.3 Å². The zero-order chi connectivity index (χ0) is 9.97. The predicted molar refractivity (Wildman–Crippen MR) is 62.1 cm³/mol. The van der Waals surface area contributed by atoms with Crippen molar-refractivity contribution in [1.29, 1.82) is 0 Å². The van der Waals surface area contributed by atoms with Gasteiger partial charge in [-0.25, -0.2) is 4.98 Å². The molecule has 3 heteroatoms. The highest BCUT2D eigenvalue weighted by molar-refractivity contribution is 7.15. The number of anilines is 1. The highest BCUT2D eigenvalue weighted by Crippen LogP contribution is 2.30. The summed E-state index contributed by atoms with van der Waals surface area (Å²) in [6, 6.07) is 0.723. The van der Waals surface area contributed by atoms with E-state index in [4.69, 9.17) is 0 Å². The Hall–Kier alpha value is -0.570. The average molecular weight is 210 g/mol. The van der Waals surface area contributed by atoms with E-state index in [9.17, 15) is 0 Å². The summed E-state index contributed by atoms with van der Waals surface area (Å²) < 4.78 is 0. The minimum atomic E-state index is 0.723. The van der Waals surface area contributed by atoms with E-state index >= 15 is 0 Å². The van der Waals surface area contributed by atoms with Gasteiger partial charge in [-0.3, -0.25) is 0 Å². The van der Waals surface area contributed by atoms with Gasteiger partial charge in [0.25, 0.3) is 0 Å². The lowest BCUT2D eigenvalue weighted by Gasteiger charge is -1.96. The summed E-state index contributed by atoms with van der Waals surface area (Å²) in [7, 11) is 0. The van der Waals surface area contributed by atoms with Crippen LogP contribution in [0, 0.1) is 0 Å². The number of hydrogen-bond donors (Lipinski definition) is 1. The zero-order valence-corrected chi connectivity index (χ0v) is 9.78. The van der Waals surface area contributed by atoms with Gasteiger partial charge in [0.15, 0.2) is 5.13 Å². The third-order valence-corrected chi connectivity index (χ3v) is 3.66. The number of aryl methyl sites for hydroxylation is 2. The maximum absolute atomic E-state index is 4.66. The Morgan fingerprint density at radius 2 is 2.21 bits per heavy atom. The maximum Gasteiger partial charge on any atom is 0.183 e. The second-order valence-electron chi connectivity index (χ2n) is 3.91. The van der Waals surface area contributed by atoms with Crippen LogP contribution in [0.3, 0.4) is 0 Å². The molecule has 0 saturated heterocycles. The Morgan fingerprint density at radius 3 is 2.79 bits per heavy atom. The summed E-state index contributed by atoms with van der Waals surface area (Å²) in [5.74, 6) is 0. The van der Waals surface area contributed by atoms with Gasteiger partial charge in [0.1, 0.15) is 0 Å². The summed E-state index contributed by atoms with van der Waals surface area (Å²) >= 11 is 1.85. The molecule has 1 aliphatic rings. The first-order chi connectivity index (χ1) is 6.83. The van der Waals surface area contributed by atoms with Crippen LogP contribution in [-0.4, -0.2) is 11.0 Å². The normalized spacial score (nSPS) is 15.9. The number of rotatable bonds is 5. The van der Waals surface area contributed by atoms with Gasteiger partial charge >= 0.3 is 0 Å². The lowest BCUT2D eigenvalue weighted by atomic mass is 10.2. The fourth-order valence-corrected chi connectivity index (χ4v) is 2.58. The third kappa shape index (κ3) is 2.27. The van der Waals surface area contributed by atoms with Gasteiger partial charge in [-0.2, -0.15) is 0 Å². The first-order valence-corrected chi connectivity index (χ1v) is 6.40. The van der Waals surface area contributed by atoms with Gasteiger partial charge in [0.05, 0.1) is 5.69 Å². The number of nitrogens with one attached hydrogen (secondary N) is 1. The van der Waals surface area contributed by atoms with E-state index in [0.29, 0.717) is 0 Å². The molecule has 0 aromatic carbocycles. The second-order valence-corrected chi connectivity index (χ2v) is 4.99. The molecule has 1 heterocycles. The first kappa shape index (κ1) is 9.97. The van der Waals surface area contributed by atoms with Crippen LogP contribution < -0.4 is 5.32 Å². The SMILES string of the molecule is CCCc1nc(NC2CC2)sc1CC. The fourth-order valence-electron chi connectivity index (χ4n) is 1.56. The highest BCUT2D eigenvalue weighted by atomic mass is 32.1. The molecule has 0 bridgehead atoms. The third-order valence-electron chi connectivity index (χ3n) is 2.49. The van der Waals surface area contributed by atoms with E-state index in [-0.39, 0.29) is 0 Å². The monoisotopic (exact) mass is 210 g/mol. The molecule has 1 aromatic rings. The molecule has 0 atom stereocenters. The fraction of sp³-hybridized carbons (Fsp3) is 0.727. The van der Waals surface area contributed by atoms with Crippen LogP contribution in [0.25, 0.3) is 0 Å². The molecule has 2 nitrogen and oxygen atoms in total. The molecule has 0 aliphatic heterocycles. The maximum atomic E-state index is 4.66. The number of nitrogens with zero attached hydrogens (tertiary/aromatic N) is 1. The van der Waals surface area contributed by atoms with Crippen molar-refractivity contribution in [3.63, 3.8) is 0 Å². The van der Waals surface area contributed by atoms with Crippen molar-refractivity contribution in [2.45, 2.75) is 52.0 Å². The Morgan fingerprint density at radius 1 is 1.43 bits per heavy atom. The van der Waals surface area contributed by atoms with Gasteiger partial charge in [-0.1, -0.05) is 20.3 Å². The van der Waals surface area contributed by atoms with Crippen molar-refractivity contribution in [3.8, 4) is 0 Å². The number of thiazole rings is 1. The van der Waals surface area contributed by atoms with Crippen LogP contribution in [0.15, 0.2) is 0 Å². The molecule has 1 aliphatic carbocycles. The Labute approximate surface area is 89.8 Å². The van der Waals surface area contributed by atoms with Crippen molar-refractivity contribution >= 4 is 16.5 Å². The van der Waals surface area contributed by atoms with Crippen LogP contribution in [0.1, 0.15) is 43.7 Å². The minimum absolute atomic E-state index is 0.723. The second kappa shape index (κ2) is 4.30. The van der Waals surface area contributed by atoms with Crippen molar-refractivity contribution in [3.05, 3.63) is 10.6 Å². The molecular formula is C11H18N2S. The first-order valence-electron chi connectivity index (χ1n) is 5.58. The number of hydrogen-bond acceptors (Lipinski definition) is 3. The van der Waals surface area contributed by atoms with Gasteiger partial charge in [0, 0.05) is 10.9 Å². The molecule has 2 rings (SSSR count). The molecule has 0 spiro atoms. The summed E-state index contributed by atoms with van der Waals surface area (Å²) in [4.78, 5) is 6.13. The molecule has 1 aromatic heterocycles. The summed E-state index contributed by atoms with van der Waals surface area (Å²) in [6.45, 7) is 4.43. The van der Waals surface area contributed by atoms with E-state index in [1.54, 1.807) is 0 Å². The van der Waals surface area contributed by atoms with Crippen LogP contribution in [-0.2, 0) is 12.8 Å². The molecule has 0 radical (unpaired) electrons. The molecular weight excluding hydrogens is 192 g/mol. The van der Waals surface area contributed by atoms with E-state index in [1.807, 2.05) is 11.3 Å². The predicted octanol–water partition coefficient (Wildman–Crippen LogP) is 3.23. The summed E-state index contributed by atoms with van der Waals surface area (Å²) in [5.41, 5.74) is 1.32. The standard InChI is InChI=1S/C11H18N2S/c1-3-5-9-10(4-2)14-11(13-9)12-8-6-7-8/h8H,3-7H2,1-2H3,(H,12,13). The quantitative estimate of drug-likeness (QED) is 0.807. The molecule has 0 amide bonds. The van der Waals surface area contributed by atoms with Crippen molar-refractivity contribution in [2.24, 2.45) is 0 Å². The van der Waals surface area contributed by atoms with E-state index < -0.39 is 0 Å². The van der Waals surface area contributed by atoms with E-state index in [2.05, 4.69) is 24.1 Å². The van der Waals surface area contributed by atoms with Gasteiger partial charge in [0.2, 0.25) is 0 Å². The highest BCUT2D eigenvalue weighted by Gasteiger charge is 2.22. The zero-order valence-electron chi connectivity index (χ0n) is 8.97. The van der Waals surface area contributed by atoms with Crippen LogP contribution in [0.4, 0.5) is 5.13 Å². The average Bonchev–Trinajstić information content (AvgIpc) is 2.89. The van der Waals surface area contributed by atoms with Crippen LogP contribution in [0.2, 0.25) is 0 Å². The van der Waals surface area contributed by atoms with Gasteiger partial charge < -0.3 is 5.32 Å².